The van der Waals surface area contributed by atoms with E-state index in [1.165, 1.54) is 6.26 Å². The molecule has 0 aliphatic carbocycles. The first-order valence-electron chi connectivity index (χ1n) is 10.7. The maximum atomic E-state index is 13.1. The average molecular weight is 447 g/mol. The van der Waals surface area contributed by atoms with Crippen molar-refractivity contribution in [3.05, 3.63) is 83.8 Å². The Morgan fingerprint density at radius 1 is 0.879 bits per heavy atom. The molecule has 1 N–H and O–H groups in total. The summed E-state index contributed by atoms with van der Waals surface area (Å²) in [5.41, 5.74) is 1.49. The Labute approximate surface area is 191 Å². The molecule has 2 heterocycles. The fourth-order valence-corrected chi connectivity index (χ4v) is 3.83. The van der Waals surface area contributed by atoms with Gasteiger partial charge in [0.1, 0.15) is 5.75 Å². The molecular weight excluding hydrogens is 422 g/mol. The molecule has 0 atom stereocenters. The van der Waals surface area contributed by atoms with Gasteiger partial charge in [-0.2, -0.15) is 0 Å². The minimum atomic E-state index is -0.384. The number of carbonyl (C=O) groups excluding carboxylic acids is 3. The first-order chi connectivity index (χ1) is 16.1. The maximum Gasteiger partial charge on any atom is 0.291 e. The number of hydrogen-bond acceptors (Lipinski definition) is 5. The summed E-state index contributed by atoms with van der Waals surface area (Å²) in [5, 5.41) is 2.74. The largest absolute Gasteiger partial charge is 0.496 e. The lowest BCUT2D eigenvalue weighted by atomic mass is 10.1. The van der Waals surface area contributed by atoms with Crippen molar-refractivity contribution in [2.45, 2.75) is 6.42 Å². The third-order valence-electron chi connectivity index (χ3n) is 5.52. The van der Waals surface area contributed by atoms with E-state index in [1.54, 1.807) is 71.5 Å². The Bertz CT molecular complexity index is 1140. The fraction of sp³-hybridized carbons (Fsp3) is 0.240. The van der Waals surface area contributed by atoms with Gasteiger partial charge in [0, 0.05) is 37.4 Å². The van der Waals surface area contributed by atoms with E-state index in [2.05, 4.69) is 5.32 Å². The summed E-state index contributed by atoms with van der Waals surface area (Å²) >= 11 is 0. The Balaban J connectivity index is 1.41. The van der Waals surface area contributed by atoms with Crippen LogP contribution in [0.4, 0.5) is 5.69 Å². The molecule has 170 valence electrons. The Kier molecular flexibility index (Phi) is 6.73. The Hall–Kier alpha value is -4.07. The van der Waals surface area contributed by atoms with E-state index in [9.17, 15) is 14.4 Å². The molecule has 3 amide bonds. The van der Waals surface area contributed by atoms with Crippen molar-refractivity contribution in [1.82, 2.24) is 9.80 Å². The highest BCUT2D eigenvalue weighted by atomic mass is 16.5. The lowest BCUT2D eigenvalue weighted by Crippen LogP contribution is -2.37. The van der Waals surface area contributed by atoms with E-state index in [1.807, 2.05) is 6.07 Å². The highest BCUT2D eigenvalue weighted by Crippen LogP contribution is 2.21. The normalized spacial score (nSPS) is 13.8. The molecule has 0 unspecified atom stereocenters. The number of hydrogen-bond donors (Lipinski definition) is 1. The molecule has 1 saturated heterocycles. The van der Waals surface area contributed by atoms with E-state index in [4.69, 9.17) is 9.15 Å². The summed E-state index contributed by atoms with van der Waals surface area (Å²) in [5.74, 6) is 0.0945. The second-order valence-corrected chi connectivity index (χ2v) is 7.65. The van der Waals surface area contributed by atoms with Crippen molar-refractivity contribution in [3.8, 4) is 5.75 Å². The van der Waals surface area contributed by atoms with Gasteiger partial charge in [-0.05, 0) is 48.9 Å². The summed E-state index contributed by atoms with van der Waals surface area (Å²) < 4.78 is 10.4. The van der Waals surface area contributed by atoms with Gasteiger partial charge in [-0.3, -0.25) is 14.4 Å². The van der Waals surface area contributed by atoms with Gasteiger partial charge in [0.15, 0.2) is 5.76 Å². The van der Waals surface area contributed by atoms with Crippen LogP contribution in [0.2, 0.25) is 0 Å². The number of benzene rings is 2. The van der Waals surface area contributed by atoms with Gasteiger partial charge < -0.3 is 24.3 Å². The zero-order valence-corrected chi connectivity index (χ0v) is 18.3. The third kappa shape index (κ3) is 5.06. The quantitative estimate of drug-likeness (QED) is 0.646. The monoisotopic (exact) mass is 447 g/mol. The van der Waals surface area contributed by atoms with E-state index in [0.29, 0.717) is 55.2 Å². The minimum absolute atomic E-state index is 0.107. The first kappa shape index (κ1) is 22.1. The molecule has 8 nitrogen and oxygen atoms in total. The molecule has 1 aliphatic heterocycles. The van der Waals surface area contributed by atoms with Crippen molar-refractivity contribution in [2.75, 3.05) is 38.6 Å². The van der Waals surface area contributed by atoms with Crippen molar-refractivity contribution in [2.24, 2.45) is 0 Å². The summed E-state index contributed by atoms with van der Waals surface area (Å²) in [6.07, 6.45) is 2.09. The highest BCUT2D eigenvalue weighted by Gasteiger charge is 2.25. The fourth-order valence-electron chi connectivity index (χ4n) is 3.83. The molecular formula is C25H25N3O5. The smallest absolute Gasteiger partial charge is 0.291 e. The van der Waals surface area contributed by atoms with Gasteiger partial charge in [0.25, 0.3) is 17.7 Å². The van der Waals surface area contributed by atoms with Crippen LogP contribution in [0, 0.1) is 0 Å². The van der Waals surface area contributed by atoms with E-state index < -0.39 is 0 Å². The van der Waals surface area contributed by atoms with Crippen molar-refractivity contribution < 1.29 is 23.5 Å². The van der Waals surface area contributed by atoms with Crippen LogP contribution in [0.15, 0.2) is 71.3 Å². The molecule has 8 heteroatoms. The van der Waals surface area contributed by atoms with Crippen molar-refractivity contribution >= 4 is 23.4 Å². The second-order valence-electron chi connectivity index (χ2n) is 7.65. The SMILES string of the molecule is COc1ccccc1C(=O)N1CCCN(C(=O)c2cccc(NC(=O)c3ccco3)c2)CC1. The number of methoxy groups -OCH3 is 1. The summed E-state index contributed by atoms with van der Waals surface area (Å²) in [4.78, 5) is 41.9. The van der Waals surface area contributed by atoms with Gasteiger partial charge in [-0.25, -0.2) is 0 Å². The first-order valence-corrected chi connectivity index (χ1v) is 10.7. The molecule has 0 spiro atoms. The van der Waals surface area contributed by atoms with Crippen molar-refractivity contribution in [3.63, 3.8) is 0 Å². The standard InChI is InChI=1S/C25H25N3O5/c1-32-21-10-3-2-9-20(21)25(31)28-13-6-12-27(14-15-28)24(30)18-7-4-8-19(17-18)26-23(29)22-11-5-16-33-22/h2-5,7-11,16-17H,6,12-15H2,1H3,(H,26,29). The molecule has 1 aliphatic rings. The van der Waals surface area contributed by atoms with Crippen LogP contribution in [-0.4, -0.2) is 60.8 Å². The summed E-state index contributed by atoms with van der Waals surface area (Å²) in [6, 6.07) is 17.1. The molecule has 3 aromatic rings. The van der Waals surface area contributed by atoms with E-state index in [0.717, 1.165) is 0 Å². The highest BCUT2D eigenvalue weighted by molar-refractivity contribution is 6.03. The number of anilines is 1. The zero-order chi connectivity index (χ0) is 23.2. The molecule has 0 bridgehead atoms. The van der Waals surface area contributed by atoms with E-state index in [-0.39, 0.29) is 23.5 Å². The van der Waals surface area contributed by atoms with Crippen LogP contribution >= 0.6 is 0 Å². The maximum absolute atomic E-state index is 13.1. The summed E-state index contributed by atoms with van der Waals surface area (Å²) in [7, 11) is 1.54. The number of nitrogens with one attached hydrogen (secondary N) is 1. The number of ether oxygens (including phenoxy) is 1. The van der Waals surface area contributed by atoms with Crippen LogP contribution in [0.25, 0.3) is 0 Å². The predicted molar refractivity (Wildman–Crippen MR) is 123 cm³/mol. The van der Waals surface area contributed by atoms with Gasteiger partial charge in [-0.1, -0.05) is 18.2 Å². The van der Waals surface area contributed by atoms with Crippen LogP contribution in [0.1, 0.15) is 37.7 Å². The van der Waals surface area contributed by atoms with Gasteiger partial charge >= 0.3 is 0 Å². The third-order valence-corrected chi connectivity index (χ3v) is 5.52. The van der Waals surface area contributed by atoms with Gasteiger partial charge in [0.05, 0.1) is 18.9 Å². The van der Waals surface area contributed by atoms with Gasteiger partial charge in [0.2, 0.25) is 0 Å². The number of carbonyl (C=O) groups is 3. The molecule has 1 aromatic heterocycles. The number of rotatable bonds is 5. The number of para-hydroxylation sites is 1. The second kappa shape index (κ2) is 10.0. The average Bonchev–Trinajstić information content (AvgIpc) is 3.28. The topological polar surface area (TPSA) is 92.1 Å². The lowest BCUT2D eigenvalue weighted by Gasteiger charge is -2.23. The molecule has 2 aromatic carbocycles. The summed E-state index contributed by atoms with van der Waals surface area (Å²) in [6.45, 7) is 1.94. The zero-order valence-electron chi connectivity index (χ0n) is 18.3. The number of furan rings is 1. The Morgan fingerprint density at radius 2 is 1.64 bits per heavy atom. The molecule has 4 rings (SSSR count). The van der Waals surface area contributed by atoms with E-state index >= 15 is 0 Å². The van der Waals surface area contributed by atoms with Crippen LogP contribution < -0.4 is 10.1 Å². The van der Waals surface area contributed by atoms with Crippen LogP contribution in [-0.2, 0) is 0 Å². The number of nitrogens with zero attached hydrogens (tertiary/aromatic N) is 2. The van der Waals surface area contributed by atoms with Crippen molar-refractivity contribution in [1.29, 1.82) is 0 Å². The Morgan fingerprint density at radius 3 is 2.36 bits per heavy atom. The van der Waals surface area contributed by atoms with Gasteiger partial charge in [-0.15, -0.1) is 0 Å². The minimum Gasteiger partial charge on any atom is -0.496 e. The molecule has 0 radical (unpaired) electrons. The van der Waals surface area contributed by atoms with Crippen LogP contribution in [0.5, 0.6) is 5.75 Å². The molecule has 0 saturated carbocycles. The lowest BCUT2D eigenvalue weighted by molar-refractivity contribution is 0.0717. The number of amides is 3. The predicted octanol–water partition coefficient (Wildman–Crippen LogP) is 3.53. The van der Waals surface area contributed by atoms with Crippen LogP contribution in [0.3, 0.4) is 0 Å². The molecule has 1 fully saturated rings. The molecule has 33 heavy (non-hydrogen) atoms.